The number of fused-ring (bicyclic) bond motifs is 2. The van der Waals surface area contributed by atoms with Crippen molar-refractivity contribution in [3.05, 3.63) is 71.8 Å². The fourth-order valence-corrected chi connectivity index (χ4v) is 5.28. The summed E-state index contributed by atoms with van der Waals surface area (Å²) >= 11 is 0. The van der Waals surface area contributed by atoms with Gasteiger partial charge in [0.2, 0.25) is 0 Å². The first-order valence-electron chi connectivity index (χ1n) is 11.2. The molecule has 2 heterocycles. The van der Waals surface area contributed by atoms with Crippen molar-refractivity contribution in [2.75, 3.05) is 6.54 Å². The molecular weight excluding hydrogens is 342 g/mol. The van der Waals surface area contributed by atoms with Gasteiger partial charge in [-0.15, -0.1) is 0 Å². The van der Waals surface area contributed by atoms with Crippen LogP contribution in [0.15, 0.2) is 60.7 Å². The van der Waals surface area contributed by atoms with Crippen LogP contribution < -0.4 is 0 Å². The summed E-state index contributed by atoms with van der Waals surface area (Å²) in [5.41, 5.74) is 2.80. The lowest BCUT2D eigenvalue weighted by Gasteiger charge is -2.40. The third kappa shape index (κ3) is 4.67. The van der Waals surface area contributed by atoms with Gasteiger partial charge in [0.05, 0.1) is 12.2 Å². The van der Waals surface area contributed by atoms with Crippen molar-refractivity contribution in [3.8, 4) is 0 Å². The van der Waals surface area contributed by atoms with Crippen LogP contribution in [0.5, 0.6) is 0 Å². The quantitative estimate of drug-likeness (QED) is 0.557. The monoisotopic (exact) mass is 377 g/mol. The van der Waals surface area contributed by atoms with Crippen LogP contribution in [0.4, 0.5) is 0 Å². The predicted molar refractivity (Wildman–Crippen MR) is 116 cm³/mol. The molecule has 2 aromatic rings. The maximum Gasteiger partial charge on any atom is 0.0851 e. The molecule has 2 fully saturated rings. The Hall–Kier alpha value is -1.64. The first-order valence-corrected chi connectivity index (χ1v) is 11.2. The van der Waals surface area contributed by atoms with Gasteiger partial charge in [-0.25, -0.2) is 0 Å². The van der Waals surface area contributed by atoms with Gasteiger partial charge >= 0.3 is 0 Å². The molecular formula is C26H35NO. The average molecular weight is 378 g/mol. The van der Waals surface area contributed by atoms with Gasteiger partial charge in [-0.2, -0.15) is 0 Å². The Labute approximate surface area is 170 Å². The van der Waals surface area contributed by atoms with Gasteiger partial charge in [-0.3, -0.25) is 4.90 Å². The summed E-state index contributed by atoms with van der Waals surface area (Å²) in [6, 6.07) is 23.2. The van der Waals surface area contributed by atoms with Crippen molar-refractivity contribution in [3.63, 3.8) is 0 Å². The van der Waals surface area contributed by atoms with Gasteiger partial charge in [-0.1, -0.05) is 74.5 Å². The normalized spacial score (nSPS) is 25.9. The van der Waals surface area contributed by atoms with E-state index in [9.17, 15) is 0 Å². The van der Waals surface area contributed by atoms with Crippen molar-refractivity contribution < 1.29 is 4.74 Å². The van der Waals surface area contributed by atoms with E-state index in [1.807, 2.05) is 0 Å². The number of aryl methyl sites for hydroxylation is 1. The minimum Gasteiger partial charge on any atom is -0.370 e. The molecule has 28 heavy (non-hydrogen) atoms. The second-order valence-electron chi connectivity index (χ2n) is 9.02. The van der Waals surface area contributed by atoms with Crippen LogP contribution in [0, 0.1) is 5.92 Å². The van der Waals surface area contributed by atoms with Crippen molar-refractivity contribution in [2.24, 2.45) is 5.92 Å². The molecule has 2 heteroatoms. The molecule has 0 amide bonds. The average Bonchev–Trinajstić information content (AvgIpc) is 2.95. The molecule has 0 aliphatic carbocycles. The van der Waals surface area contributed by atoms with Crippen LogP contribution in [0.2, 0.25) is 0 Å². The van der Waals surface area contributed by atoms with Gasteiger partial charge in [0, 0.05) is 12.1 Å². The van der Waals surface area contributed by atoms with E-state index in [1.165, 1.54) is 56.2 Å². The first-order chi connectivity index (χ1) is 13.7. The molecule has 2 unspecified atom stereocenters. The Morgan fingerprint density at radius 1 is 0.893 bits per heavy atom. The van der Waals surface area contributed by atoms with Gasteiger partial charge < -0.3 is 4.74 Å². The van der Waals surface area contributed by atoms with Crippen LogP contribution in [0.1, 0.15) is 63.2 Å². The zero-order chi connectivity index (χ0) is 19.3. The lowest BCUT2D eigenvalue weighted by molar-refractivity contribution is -0.0787. The number of nitrogens with zero attached hydrogens (tertiary/aromatic N) is 1. The van der Waals surface area contributed by atoms with E-state index in [0.29, 0.717) is 12.0 Å². The molecule has 2 bridgehead atoms. The number of rotatable bonds is 8. The number of benzene rings is 2. The van der Waals surface area contributed by atoms with E-state index >= 15 is 0 Å². The number of hydrogen-bond donors (Lipinski definition) is 0. The van der Waals surface area contributed by atoms with E-state index in [0.717, 1.165) is 12.1 Å². The van der Waals surface area contributed by atoms with Crippen molar-refractivity contribution in [1.29, 1.82) is 0 Å². The topological polar surface area (TPSA) is 12.5 Å². The van der Waals surface area contributed by atoms with E-state index in [1.54, 1.807) is 0 Å². The lowest BCUT2D eigenvalue weighted by Crippen LogP contribution is -2.46. The zero-order valence-corrected chi connectivity index (χ0v) is 17.5. The second kappa shape index (κ2) is 9.24. The van der Waals surface area contributed by atoms with Crippen molar-refractivity contribution in [2.45, 2.75) is 76.7 Å². The van der Waals surface area contributed by atoms with Crippen LogP contribution in [0.3, 0.4) is 0 Å². The number of ether oxygens (including phenoxy) is 1. The largest absolute Gasteiger partial charge is 0.370 e. The van der Waals surface area contributed by atoms with E-state index in [4.69, 9.17) is 4.74 Å². The van der Waals surface area contributed by atoms with Crippen LogP contribution in [-0.4, -0.2) is 29.6 Å². The van der Waals surface area contributed by atoms with E-state index < -0.39 is 0 Å². The molecule has 2 aliphatic rings. The Bertz CT molecular complexity index is 700. The Kier molecular flexibility index (Phi) is 6.49. The summed E-state index contributed by atoms with van der Waals surface area (Å²) < 4.78 is 6.72. The molecule has 0 spiro atoms. The number of hydrogen-bond acceptors (Lipinski definition) is 2. The minimum atomic E-state index is 0.218. The predicted octanol–water partition coefficient (Wildman–Crippen LogP) is 6.03. The highest BCUT2D eigenvalue weighted by Gasteiger charge is 2.41. The molecule has 4 atom stereocenters. The highest BCUT2D eigenvalue weighted by molar-refractivity contribution is 5.18. The van der Waals surface area contributed by atoms with Crippen LogP contribution in [0.25, 0.3) is 0 Å². The van der Waals surface area contributed by atoms with Crippen molar-refractivity contribution in [1.82, 2.24) is 4.90 Å². The zero-order valence-electron chi connectivity index (χ0n) is 17.5. The standard InChI is InChI=1S/C26H35NO/c1-20(2)26(22-13-7-4-8-14-22)28-25-18-23-15-16-24(19-25)27(23)17-9-12-21-10-5-3-6-11-21/h3-8,10-11,13-14,20,23-26H,9,12,15-19H2,1-2H3/t23-,24+,25?,26?. The molecule has 0 saturated carbocycles. The molecule has 150 valence electrons. The maximum atomic E-state index is 6.72. The van der Waals surface area contributed by atoms with E-state index in [2.05, 4.69) is 79.4 Å². The summed E-state index contributed by atoms with van der Waals surface area (Å²) in [6.07, 6.45) is 8.21. The molecule has 2 aliphatic heterocycles. The summed E-state index contributed by atoms with van der Waals surface area (Å²) in [6.45, 7) is 5.80. The fourth-order valence-electron chi connectivity index (χ4n) is 5.28. The molecule has 4 rings (SSSR count). The van der Waals surface area contributed by atoms with Crippen LogP contribution >= 0.6 is 0 Å². The SMILES string of the molecule is CC(C)C(OC1C[C@H]2CC[C@@H](C1)N2CCCc1ccccc1)c1ccccc1. The van der Waals surface area contributed by atoms with Crippen LogP contribution in [-0.2, 0) is 11.2 Å². The molecule has 0 N–H and O–H groups in total. The fraction of sp³-hybridized carbons (Fsp3) is 0.538. The highest BCUT2D eigenvalue weighted by Crippen LogP contribution is 2.39. The number of piperidine rings is 1. The third-order valence-electron chi connectivity index (χ3n) is 6.64. The van der Waals surface area contributed by atoms with Gasteiger partial charge in [0.1, 0.15) is 0 Å². The molecule has 0 radical (unpaired) electrons. The molecule has 0 aromatic heterocycles. The van der Waals surface area contributed by atoms with Gasteiger partial charge in [-0.05, 0) is 62.1 Å². The third-order valence-corrected chi connectivity index (χ3v) is 6.64. The van der Waals surface area contributed by atoms with Crippen molar-refractivity contribution >= 4 is 0 Å². The van der Waals surface area contributed by atoms with E-state index in [-0.39, 0.29) is 6.10 Å². The molecule has 2 aromatic carbocycles. The lowest BCUT2D eigenvalue weighted by atomic mass is 9.95. The Morgan fingerprint density at radius 2 is 1.50 bits per heavy atom. The van der Waals surface area contributed by atoms with Gasteiger partial charge in [0.25, 0.3) is 0 Å². The molecule has 2 saturated heterocycles. The minimum absolute atomic E-state index is 0.218. The molecule has 2 nitrogen and oxygen atoms in total. The maximum absolute atomic E-state index is 6.72. The Morgan fingerprint density at radius 3 is 2.11 bits per heavy atom. The summed E-state index contributed by atoms with van der Waals surface area (Å²) in [5, 5.41) is 0. The summed E-state index contributed by atoms with van der Waals surface area (Å²) in [7, 11) is 0. The smallest absolute Gasteiger partial charge is 0.0851 e. The summed E-state index contributed by atoms with van der Waals surface area (Å²) in [5.74, 6) is 0.504. The Balaban J connectivity index is 1.31. The second-order valence-corrected chi connectivity index (χ2v) is 9.02. The first kappa shape index (κ1) is 19.7. The van der Waals surface area contributed by atoms with Gasteiger partial charge in [0.15, 0.2) is 0 Å². The summed E-state index contributed by atoms with van der Waals surface area (Å²) in [4.78, 5) is 2.80. The highest BCUT2D eigenvalue weighted by atomic mass is 16.5.